The summed E-state index contributed by atoms with van der Waals surface area (Å²) in [7, 11) is 0. The summed E-state index contributed by atoms with van der Waals surface area (Å²) in [5.74, 6) is -1.83. The van der Waals surface area contributed by atoms with Gasteiger partial charge in [0.25, 0.3) is 0 Å². The maximum atomic E-state index is 11.4. The zero-order valence-corrected chi connectivity index (χ0v) is 9.95. The van der Waals surface area contributed by atoms with Crippen LogP contribution in [0.15, 0.2) is 0 Å². The Hall–Kier alpha value is -1.39. The third-order valence-corrected chi connectivity index (χ3v) is 2.00. The molecule has 0 aromatic rings. The van der Waals surface area contributed by atoms with E-state index < -0.39 is 11.9 Å². The van der Waals surface area contributed by atoms with E-state index in [0.717, 1.165) is 0 Å². The molecule has 0 aromatic carbocycles. The Balaban J connectivity index is 4.00. The fraction of sp³-hybridized carbons (Fsp3) is 0.727. The van der Waals surface area contributed by atoms with Crippen molar-refractivity contribution in [2.45, 2.75) is 33.6 Å². The molecule has 0 aromatic heterocycles. The molecule has 0 rings (SSSR count). The van der Waals surface area contributed by atoms with Crippen molar-refractivity contribution in [3.05, 3.63) is 0 Å². The van der Waals surface area contributed by atoms with Crippen molar-refractivity contribution < 1.29 is 23.9 Å². The topological polar surface area (TPSA) is 69.7 Å². The van der Waals surface area contributed by atoms with Gasteiger partial charge in [-0.05, 0) is 26.7 Å². The molecule has 0 saturated carbocycles. The van der Waals surface area contributed by atoms with Crippen LogP contribution in [0.5, 0.6) is 0 Å². The number of ether oxygens (including phenoxy) is 2. The fourth-order valence-electron chi connectivity index (χ4n) is 1.23. The molecular weight excluding hydrogens is 212 g/mol. The van der Waals surface area contributed by atoms with Crippen molar-refractivity contribution in [2.24, 2.45) is 5.92 Å². The van der Waals surface area contributed by atoms with E-state index in [-0.39, 0.29) is 25.0 Å². The number of carbonyl (C=O) groups is 3. The van der Waals surface area contributed by atoms with Gasteiger partial charge >= 0.3 is 11.9 Å². The van der Waals surface area contributed by atoms with Crippen LogP contribution in [-0.4, -0.2) is 30.9 Å². The SMILES string of the molecule is CCOC(=O)C(CCCOC(C)=O)C(C)=O. The highest BCUT2D eigenvalue weighted by Crippen LogP contribution is 2.10. The van der Waals surface area contributed by atoms with Crippen molar-refractivity contribution >= 4 is 17.7 Å². The molecule has 0 heterocycles. The van der Waals surface area contributed by atoms with Gasteiger partial charge in [-0.3, -0.25) is 14.4 Å². The minimum Gasteiger partial charge on any atom is -0.466 e. The Morgan fingerprint density at radius 3 is 2.19 bits per heavy atom. The lowest BCUT2D eigenvalue weighted by atomic mass is 10.00. The molecule has 0 amide bonds. The normalized spacial score (nSPS) is 11.7. The molecule has 0 aliphatic carbocycles. The lowest BCUT2D eigenvalue weighted by Gasteiger charge is -2.11. The maximum absolute atomic E-state index is 11.4. The van der Waals surface area contributed by atoms with E-state index in [4.69, 9.17) is 9.47 Å². The number of hydrogen-bond acceptors (Lipinski definition) is 5. The van der Waals surface area contributed by atoms with Crippen molar-refractivity contribution in [3.63, 3.8) is 0 Å². The number of esters is 2. The van der Waals surface area contributed by atoms with Gasteiger partial charge in [0.2, 0.25) is 0 Å². The van der Waals surface area contributed by atoms with Gasteiger partial charge in [-0.1, -0.05) is 0 Å². The lowest BCUT2D eigenvalue weighted by molar-refractivity contribution is -0.151. The van der Waals surface area contributed by atoms with Crippen molar-refractivity contribution in [1.82, 2.24) is 0 Å². The summed E-state index contributed by atoms with van der Waals surface area (Å²) in [6.07, 6.45) is 0.823. The first-order chi connectivity index (χ1) is 7.49. The average Bonchev–Trinajstić information content (AvgIpc) is 2.16. The van der Waals surface area contributed by atoms with E-state index in [1.807, 2.05) is 0 Å². The highest BCUT2D eigenvalue weighted by molar-refractivity contribution is 5.97. The van der Waals surface area contributed by atoms with Crippen LogP contribution < -0.4 is 0 Å². The molecule has 16 heavy (non-hydrogen) atoms. The molecule has 0 aliphatic rings. The molecule has 0 N–H and O–H groups in total. The van der Waals surface area contributed by atoms with Crippen LogP contribution in [0.3, 0.4) is 0 Å². The highest BCUT2D eigenvalue weighted by atomic mass is 16.5. The molecule has 0 saturated heterocycles. The molecule has 0 radical (unpaired) electrons. The summed E-state index contributed by atoms with van der Waals surface area (Å²) in [6, 6.07) is 0. The van der Waals surface area contributed by atoms with Crippen LogP contribution >= 0.6 is 0 Å². The van der Waals surface area contributed by atoms with E-state index in [9.17, 15) is 14.4 Å². The van der Waals surface area contributed by atoms with Gasteiger partial charge in [-0.25, -0.2) is 0 Å². The average molecular weight is 230 g/mol. The van der Waals surface area contributed by atoms with Gasteiger partial charge in [0, 0.05) is 6.92 Å². The number of hydrogen-bond donors (Lipinski definition) is 0. The summed E-state index contributed by atoms with van der Waals surface area (Å²) >= 11 is 0. The molecule has 0 fully saturated rings. The van der Waals surface area contributed by atoms with Crippen molar-refractivity contribution in [1.29, 1.82) is 0 Å². The number of carbonyl (C=O) groups excluding carboxylic acids is 3. The van der Waals surface area contributed by atoms with Gasteiger partial charge in [0.15, 0.2) is 0 Å². The zero-order chi connectivity index (χ0) is 12.6. The van der Waals surface area contributed by atoms with Crippen LogP contribution in [-0.2, 0) is 23.9 Å². The standard InChI is InChI=1S/C11H18O5/c1-4-15-11(14)10(8(2)12)6-5-7-16-9(3)13/h10H,4-7H2,1-3H3. The molecule has 0 aliphatic heterocycles. The van der Waals surface area contributed by atoms with Crippen LogP contribution in [0, 0.1) is 5.92 Å². The van der Waals surface area contributed by atoms with Crippen LogP contribution in [0.4, 0.5) is 0 Å². The van der Waals surface area contributed by atoms with E-state index >= 15 is 0 Å². The first kappa shape index (κ1) is 14.6. The third kappa shape index (κ3) is 6.16. The summed E-state index contributed by atoms with van der Waals surface area (Å²) in [5, 5.41) is 0. The Morgan fingerprint density at radius 1 is 1.12 bits per heavy atom. The Bertz CT molecular complexity index is 259. The molecule has 1 atom stereocenters. The Morgan fingerprint density at radius 2 is 1.75 bits per heavy atom. The van der Waals surface area contributed by atoms with E-state index in [2.05, 4.69) is 0 Å². The molecular formula is C11H18O5. The summed E-state index contributed by atoms with van der Waals surface area (Å²) in [6.45, 7) is 4.83. The summed E-state index contributed by atoms with van der Waals surface area (Å²) in [5.41, 5.74) is 0. The van der Waals surface area contributed by atoms with Gasteiger partial charge in [-0.15, -0.1) is 0 Å². The monoisotopic (exact) mass is 230 g/mol. The van der Waals surface area contributed by atoms with E-state index in [1.54, 1.807) is 6.92 Å². The number of Topliss-reactive ketones (excluding diaryl/α,β-unsaturated/α-hetero) is 1. The van der Waals surface area contributed by atoms with Gasteiger partial charge in [-0.2, -0.15) is 0 Å². The fourth-order valence-corrected chi connectivity index (χ4v) is 1.23. The van der Waals surface area contributed by atoms with Crippen LogP contribution in [0.25, 0.3) is 0 Å². The molecule has 5 heteroatoms. The summed E-state index contributed by atoms with van der Waals surface area (Å²) < 4.78 is 9.49. The van der Waals surface area contributed by atoms with Gasteiger partial charge in [0.1, 0.15) is 11.7 Å². The van der Waals surface area contributed by atoms with Crippen LogP contribution in [0.1, 0.15) is 33.6 Å². The first-order valence-corrected chi connectivity index (χ1v) is 5.29. The van der Waals surface area contributed by atoms with Gasteiger partial charge < -0.3 is 9.47 Å². The zero-order valence-electron chi connectivity index (χ0n) is 9.95. The predicted molar refractivity (Wildman–Crippen MR) is 56.7 cm³/mol. The Kier molecular flexibility index (Phi) is 7.16. The largest absolute Gasteiger partial charge is 0.466 e. The molecule has 92 valence electrons. The summed E-state index contributed by atoms with van der Waals surface area (Å²) in [4.78, 5) is 33.0. The molecule has 0 spiro atoms. The van der Waals surface area contributed by atoms with Crippen molar-refractivity contribution in [2.75, 3.05) is 13.2 Å². The predicted octanol–water partition coefficient (Wildman–Crippen LogP) is 1.10. The molecule has 0 bridgehead atoms. The molecule has 5 nitrogen and oxygen atoms in total. The minimum atomic E-state index is -0.740. The molecule has 1 unspecified atom stereocenters. The van der Waals surface area contributed by atoms with Crippen molar-refractivity contribution in [3.8, 4) is 0 Å². The smallest absolute Gasteiger partial charge is 0.316 e. The van der Waals surface area contributed by atoms with E-state index in [0.29, 0.717) is 12.8 Å². The van der Waals surface area contributed by atoms with Crippen LogP contribution in [0.2, 0.25) is 0 Å². The highest BCUT2D eigenvalue weighted by Gasteiger charge is 2.23. The second kappa shape index (κ2) is 7.84. The number of rotatable bonds is 7. The van der Waals surface area contributed by atoms with Gasteiger partial charge in [0.05, 0.1) is 13.2 Å². The first-order valence-electron chi connectivity index (χ1n) is 5.29. The van der Waals surface area contributed by atoms with E-state index in [1.165, 1.54) is 13.8 Å². The Labute approximate surface area is 95.1 Å². The lowest BCUT2D eigenvalue weighted by Crippen LogP contribution is -2.24. The second-order valence-electron chi connectivity index (χ2n) is 3.40. The minimum absolute atomic E-state index is 0.221. The second-order valence-corrected chi connectivity index (χ2v) is 3.40. The third-order valence-electron chi connectivity index (χ3n) is 2.00. The maximum Gasteiger partial charge on any atom is 0.316 e. The number of ketones is 1. The quantitative estimate of drug-likeness (QED) is 0.372.